The highest BCUT2D eigenvalue weighted by Gasteiger charge is 2.30. The fourth-order valence-corrected chi connectivity index (χ4v) is 3.43. The molecule has 0 aromatic heterocycles. The van der Waals surface area contributed by atoms with Crippen molar-refractivity contribution in [3.63, 3.8) is 0 Å². The lowest BCUT2D eigenvalue weighted by atomic mass is 9.86. The summed E-state index contributed by atoms with van der Waals surface area (Å²) in [5.74, 6) is -0.0533. The number of hydrogen-bond donors (Lipinski definition) is 0. The SMILES string of the molecule is CC[C@H](C(=O)c1ccccc1)c1cccc2c1N(C(C)=O)CC2. The summed E-state index contributed by atoms with van der Waals surface area (Å²) in [6.45, 7) is 4.32. The van der Waals surface area contributed by atoms with Crippen LogP contribution in [0.15, 0.2) is 48.5 Å². The molecule has 0 fully saturated rings. The predicted molar refractivity (Wildman–Crippen MR) is 92.0 cm³/mol. The maximum absolute atomic E-state index is 12.9. The number of Topliss-reactive ketones (excluding diaryl/α,β-unsaturated/α-hetero) is 1. The number of fused-ring (bicyclic) bond motifs is 1. The third-order valence-electron chi connectivity index (χ3n) is 4.56. The van der Waals surface area contributed by atoms with Gasteiger partial charge in [-0.25, -0.2) is 0 Å². The Bertz CT molecular complexity index is 737. The molecule has 23 heavy (non-hydrogen) atoms. The number of benzene rings is 2. The lowest BCUT2D eigenvalue weighted by Gasteiger charge is -2.23. The Morgan fingerprint density at radius 2 is 1.83 bits per heavy atom. The third kappa shape index (κ3) is 2.79. The number of carbonyl (C=O) groups is 2. The van der Waals surface area contributed by atoms with Crippen LogP contribution < -0.4 is 4.90 Å². The monoisotopic (exact) mass is 307 g/mol. The lowest BCUT2D eigenvalue weighted by molar-refractivity contribution is -0.116. The second-order valence-corrected chi connectivity index (χ2v) is 5.97. The van der Waals surface area contributed by atoms with Gasteiger partial charge in [0.05, 0.1) is 5.69 Å². The standard InChI is InChI=1S/C20H21NO2/c1-3-17(20(23)16-8-5-4-6-9-16)18-11-7-10-15-12-13-21(14(2)22)19(15)18/h4-11,17H,3,12-13H2,1-2H3/t17-/m0/s1. The van der Waals surface area contributed by atoms with E-state index < -0.39 is 0 Å². The van der Waals surface area contributed by atoms with Crippen LogP contribution in [0.2, 0.25) is 0 Å². The number of nitrogens with zero attached hydrogens (tertiary/aromatic N) is 1. The van der Waals surface area contributed by atoms with Crippen molar-refractivity contribution < 1.29 is 9.59 Å². The molecule has 2 aromatic rings. The maximum Gasteiger partial charge on any atom is 0.223 e. The van der Waals surface area contributed by atoms with Gasteiger partial charge in [-0.15, -0.1) is 0 Å². The first-order valence-corrected chi connectivity index (χ1v) is 8.12. The smallest absolute Gasteiger partial charge is 0.223 e. The van der Waals surface area contributed by atoms with Crippen LogP contribution in [0.1, 0.15) is 47.7 Å². The van der Waals surface area contributed by atoms with Crippen LogP contribution in [0.3, 0.4) is 0 Å². The number of amides is 1. The zero-order valence-electron chi connectivity index (χ0n) is 13.6. The highest BCUT2D eigenvalue weighted by Crippen LogP contribution is 2.38. The average Bonchev–Trinajstić information content (AvgIpc) is 3.01. The molecule has 1 aliphatic heterocycles. The van der Waals surface area contributed by atoms with Gasteiger partial charge in [0.25, 0.3) is 0 Å². The van der Waals surface area contributed by atoms with Crippen LogP contribution in [0.4, 0.5) is 5.69 Å². The van der Waals surface area contributed by atoms with E-state index in [2.05, 4.69) is 6.07 Å². The van der Waals surface area contributed by atoms with Crippen molar-refractivity contribution in [2.45, 2.75) is 32.6 Å². The first-order valence-electron chi connectivity index (χ1n) is 8.12. The molecule has 3 nitrogen and oxygen atoms in total. The highest BCUT2D eigenvalue weighted by atomic mass is 16.2. The first-order chi connectivity index (χ1) is 11.1. The van der Waals surface area contributed by atoms with E-state index in [0.29, 0.717) is 6.54 Å². The van der Waals surface area contributed by atoms with E-state index in [1.807, 2.05) is 54.3 Å². The van der Waals surface area contributed by atoms with Crippen molar-refractivity contribution in [1.82, 2.24) is 0 Å². The van der Waals surface area contributed by atoms with Gasteiger partial charge in [0, 0.05) is 24.9 Å². The Hall–Kier alpha value is -2.42. The summed E-state index contributed by atoms with van der Waals surface area (Å²) in [7, 11) is 0. The van der Waals surface area contributed by atoms with Crippen molar-refractivity contribution in [2.75, 3.05) is 11.4 Å². The molecule has 2 aromatic carbocycles. The van der Waals surface area contributed by atoms with Gasteiger partial charge in [-0.3, -0.25) is 9.59 Å². The van der Waals surface area contributed by atoms with Gasteiger partial charge in [0.2, 0.25) is 5.91 Å². The lowest BCUT2D eigenvalue weighted by Crippen LogP contribution is -2.27. The van der Waals surface area contributed by atoms with Crippen molar-refractivity contribution in [3.8, 4) is 0 Å². The van der Waals surface area contributed by atoms with Gasteiger partial charge in [0.15, 0.2) is 5.78 Å². The van der Waals surface area contributed by atoms with E-state index in [4.69, 9.17) is 0 Å². The second-order valence-electron chi connectivity index (χ2n) is 5.97. The van der Waals surface area contributed by atoms with Gasteiger partial charge in [-0.2, -0.15) is 0 Å². The fraction of sp³-hybridized carbons (Fsp3) is 0.300. The Labute approximate surface area is 136 Å². The third-order valence-corrected chi connectivity index (χ3v) is 4.56. The van der Waals surface area contributed by atoms with Crippen molar-refractivity contribution in [3.05, 3.63) is 65.2 Å². The Morgan fingerprint density at radius 1 is 1.09 bits per heavy atom. The van der Waals surface area contributed by atoms with Crippen LogP contribution in [0.25, 0.3) is 0 Å². The Morgan fingerprint density at radius 3 is 2.48 bits per heavy atom. The van der Waals surface area contributed by atoms with E-state index in [0.717, 1.165) is 35.2 Å². The molecule has 1 amide bonds. The topological polar surface area (TPSA) is 37.4 Å². The summed E-state index contributed by atoms with van der Waals surface area (Å²) in [4.78, 5) is 26.7. The van der Waals surface area contributed by atoms with Crippen LogP contribution in [0.5, 0.6) is 0 Å². The molecule has 0 saturated heterocycles. The van der Waals surface area contributed by atoms with Crippen LogP contribution in [-0.4, -0.2) is 18.2 Å². The number of carbonyl (C=O) groups excluding carboxylic acids is 2. The number of rotatable bonds is 4. The van der Waals surface area contributed by atoms with Crippen LogP contribution >= 0.6 is 0 Å². The minimum Gasteiger partial charge on any atom is -0.312 e. The minimum absolute atomic E-state index is 0.0400. The molecule has 1 aliphatic rings. The molecule has 0 aliphatic carbocycles. The highest BCUT2D eigenvalue weighted by molar-refractivity contribution is 6.03. The summed E-state index contributed by atoms with van der Waals surface area (Å²) in [6, 6.07) is 15.5. The number of para-hydroxylation sites is 1. The molecule has 3 rings (SSSR count). The molecule has 3 heteroatoms. The van der Waals surface area contributed by atoms with Crippen LogP contribution in [0, 0.1) is 0 Å². The van der Waals surface area contributed by atoms with E-state index in [9.17, 15) is 9.59 Å². The molecule has 118 valence electrons. The molecular weight excluding hydrogens is 286 g/mol. The summed E-state index contributed by atoms with van der Waals surface area (Å²) in [6.07, 6.45) is 1.58. The predicted octanol–water partition coefficient (Wildman–Crippen LogP) is 3.97. The fourth-order valence-electron chi connectivity index (χ4n) is 3.43. The van der Waals surface area contributed by atoms with Crippen molar-refractivity contribution in [2.24, 2.45) is 0 Å². The first kappa shape index (κ1) is 15.5. The average molecular weight is 307 g/mol. The second kappa shape index (κ2) is 6.37. The van der Waals surface area contributed by atoms with Gasteiger partial charge in [0.1, 0.15) is 0 Å². The molecule has 0 saturated carbocycles. The quantitative estimate of drug-likeness (QED) is 0.801. The number of ketones is 1. The molecule has 1 atom stereocenters. The molecule has 0 bridgehead atoms. The van der Waals surface area contributed by atoms with Crippen LogP contribution in [-0.2, 0) is 11.2 Å². The maximum atomic E-state index is 12.9. The van der Waals surface area contributed by atoms with Crippen molar-refractivity contribution >= 4 is 17.4 Å². The zero-order valence-corrected chi connectivity index (χ0v) is 13.6. The molecule has 1 heterocycles. The number of hydrogen-bond acceptors (Lipinski definition) is 2. The van der Waals surface area contributed by atoms with Gasteiger partial charge in [-0.1, -0.05) is 55.5 Å². The summed E-state index contributed by atoms with van der Waals surface area (Å²) in [5.41, 5.74) is 3.82. The van der Waals surface area contributed by atoms with E-state index in [1.54, 1.807) is 6.92 Å². The normalized spacial score (nSPS) is 14.4. The van der Waals surface area contributed by atoms with E-state index in [-0.39, 0.29) is 17.6 Å². The van der Waals surface area contributed by atoms with Crippen molar-refractivity contribution in [1.29, 1.82) is 0 Å². The zero-order chi connectivity index (χ0) is 16.4. The minimum atomic E-state index is -0.215. The van der Waals surface area contributed by atoms with E-state index >= 15 is 0 Å². The number of anilines is 1. The van der Waals surface area contributed by atoms with Gasteiger partial charge < -0.3 is 4.90 Å². The Balaban J connectivity index is 2.05. The van der Waals surface area contributed by atoms with Gasteiger partial charge >= 0.3 is 0 Å². The molecule has 0 radical (unpaired) electrons. The van der Waals surface area contributed by atoms with E-state index in [1.165, 1.54) is 0 Å². The summed E-state index contributed by atoms with van der Waals surface area (Å²) < 4.78 is 0. The molecular formula is C20H21NO2. The van der Waals surface area contributed by atoms with Gasteiger partial charge in [-0.05, 0) is 24.0 Å². The summed E-state index contributed by atoms with van der Waals surface area (Å²) in [5, 5.41) is 0. The largest absolute Gasteiger partial charge is 0.312 e. The molecule has 0 N–H and O–H groups in total. The Kier molecular flexibility index (Phi) is 4.28. The summed E-state index contributed by atoms with van der Waals surface area (Å²) >= 11 is 0. The molecule has 0 spiro atoms. The molecule has 0 unspecified atom stereocenters.